The van der Waals surface area contributed by atoms with Crippen LogP contribution in [0.25, 0.3) is 0 Å². The monoisotopic (exact) mass is 282 g/mol. The molecule has 1 aliphatic heterocycles. The third-order valence-electron chi connectivity index (χ3n) is 3.32. The number of hydrogen-bond donors (Lipinski definition) is 2. The Hall–Kier alpha value is -1.95. The fourth-order valence-electron chi connectivity index (χ4n) is 2.28. The fourth-order valence-corrected chi connectivity index (χ4v) is 2.28. The lowest BCUT2D eigenvalue weighted by molar-refractivity contribution is -0.146. The number of carbonyl (C=O) groups is 1. The highest BCUT2D eigenvalue weighted by Gasteiger charge is 2.30. The Labute approximate surface area is 116 Å². The SMILES string of the molecule is CCCC(C(=O)O)C(O)c1cc(OC)c2c(c1)OCO2. The normalized spacial score (nSPS) is 15.8. The molecule has 0 radical (unpaired) electrons. The van der Waals surface area contributed by atoms with Gasteiger partial charge < -0.3 is 24.4 Å². The van der Waals surface area contributed by atoms with Crippen LogP contribution < -0.4 is 14.2 Å². The molecule has 110 valence electrons. The second-order valence-electron chi connectivity index (χ2n) is 4.64. The molecular formula is C14H18O6. The van der Waals surface area contributed by atoms with Gasteiger partial charge in [0, 0.05) is 0 Å². The van der Waals surface area contributed by atoms with Crippen LogP contribution in [0.5, 0.6) is 17.2 Å². The van der Waals surface area contributed by atoms with Crippen molar-refractivity contribution in [1.29, 1.82) is 0 Å². The van der Waals surface area contributed by atoms with Gasteiger partial charge in [-0.3, -0.25) is 4.79 Å². The van der Waals surface area contributed by atoms with Crippen LogP contribution >= 0.6 is 0 Å². The number of benzene rings is 1. The summed E-state index contributed by atoms with van der Waals surface area (Å²) in [4.78, 5) is 11.2. The van der Waals surface area contributed by atoms with Gasteiger partial charge in [-0.05, 0) is 24.1 Å². The third-order valence-corrected chi connectivity index (χ3v) is 3.32. The lowest BCUT2D eigenvalue weighted by atomic mass is 9.91. The molecule has 0 aliphatic carbocycles. The smallest absolute Gasteiger partial charge is 0.309 e. The first-order valence-electron chi connectivity index (χ1n) is 6.46. The molecule has 1 heterocycles. The molecule has 0 saturated carbocycles. The average molecular weight is 282 g/mol. The molecule has 1 aromatic carbocycles. The van der Waals surface area contributed by atoms with Crippen molar-refractivity contribution in [2.45, 2.75) is 25.9 Å². The zero-order valence-corrected chi connectivity index (χ0v) is 11.5. The highest BCUT2D eigenvalue weighted by molar-refractivity contribution is 5.71. The summed E-state index contributed by atoms with van der Waals surface area (Å²) < 4.78 is 15.7. The summed E-state index contributed by atoms with van der Waals surface area (Å²) in [6.45, 7) is 1.96. The van der Waals surface area contributed by atoms with Crippen molar-refractivity contribution in [3.05, 3.63) is 17.7 Å². The number of ether oxygens (including phenoxy) is 3. The molecule has 0 bridgehead atoms. The van der Waals surface area contributed by atoms with Crippen molar-refractivity contribution in [3.8, 4) is 17.2 Å². The zero-order chi connectivity index (χ0) is 14.7. The first kappa shape index (κ1) is 14.5. The summed E-state index contributed by atoms with van der Waals surface area (Å²) in [6, 6.07) is 3.19. The van der Waals surface area contributed by atoms with E-state index in [2.05, 4.69) is 0 Å². The lowest BCUT2D eigenvalue weighted by Gasteiger charge is -2.20. The van der Waals surface area contributed by atoms with E-state index in [-0.39, 0.29) is 6.79 Å². The quantitative estimate of drug-likeness (QED) is 0.829. The van der Waals surface area contributed by atoms with Crippen molar-refractivity contribution in [2.75, 3.05) is 13.9 Å². The largest absolute Gasteiger partial charge is 0.493 e. The number of carboxylic acid groups (broad SMARTS) is 1. The molecule has 20 heavy (non-hydrogen) atoms. The van der Waals surface area contributed by atoms with Crippen LogP contribution in [0.15, 0.2) is 12.1 Å². The van der Waals surface area contributed by atoms with Crippen molar-refractivity contribution in [3.63, 3.8) is 0 Å². The minimum atomic E-state index is -1.11. The molecule has 0 amide bonds. The highest BCUT2D eigenvalue weighted by atomic mass is 16.7. The van der Waals surface area contributed by atoms with Crippen LogP contribution in [0.2, 0.25) is 0 Å². The second kappa shape index (κ2) is 6.00. The molecule has 6 heteroatoms. The number of aliphatic hydroxyl groups excluding tert-OH is 1. The summed E-state index contributed by atoms with van der Waals surface area (Å²) in [6.07, 6.45) is -0.0426. The topological polar surface area (TPSA) is 85.2 Å². The predicted octanol–water partition coefficient (Wildman–Crippen LogP) is 1.96. The first-order valence-corrected chi connectivity index (χ1v) is 6.46. The van der Waals surface area contributed by atoms with Crippen LogP contribution in [0.4, 0.5) is 0 Å². The number of methoxy groups -OCH3 is 1. The maximum atomic E-state index is 11.2. The van der Waals surface area contributed by atoms with Crippen molar-refractivity contribution < 1.29 is 29.2 Å². The predicted molar refractivity (Wildman–Crippen MR) is 70.1 cm³/mol. The summed E-state index contributed by atoms with van der Waals surface area (Å²) in [5.74, 6) is -0.513. The van der Waals surface area contributed by atoms with E-state index in [1.165, 1.54) is 7.11 Å². The second-order valence-corrected chi connectivity index (χ2v) is 4.64. The molecule has 1 aromatic rings. The molecule has 2 rings (SSSR count). The van der Waals surface area contributed by atoms with E-state index in [1.54, 1.807) is 12.1 Å². The Balaban J connectivity index is 2.34. The number of aliphatic hydroxyl groups is 1. The summed E-state index contributed by atoms with van der Waals surface area (Å²) in [5.41, 5.74) is 0.451. The van der Waals surface area contributed by atoms with Crippen LogP contribution in [0, 0.1) is 5.92 Å². The molecule has 6 nitrogen and oxygen atoms in total. The number of aliphatic carboxylic acids is 1. The molecule has 0 saturated heterocycles. The number of fused-ring (bicyclic) bond motifs is 1. The van der Waals surface area contributed by atoms with Gasteiger partial charge in [0.15, 0.2) is 11.5 Å². The van der Waals surface area contributed by atoms with Crippen LogP contribution in [-0.4, -0.2) is 30.1 Å². The Kier molecular flexibility index (Phi) is 4.34. The van der Waals surface area contributed by atoms with E-state index in [0.717, 1.165) is 0 Å². The van der Waals surface area contributed by atoms with Crippen molar-refractivity contribution in [1.82, 2.24) is 0 Å². The highest BCUT2D eigenvalue weighted by Crippen LogP contribution is 2.44. The number of carboxylic acids is 1. The molecule has 0 spiro atoms. The van der Waals surface area contributed by atoms with Gasteiger partial charge in [0.2, 0.25) is 12.5 Å². The molecule has 2 atom stereocenters. The average Bonchev–Trinajstić information content (AvgIpc) is 2.90. The van der Waals surface area contributed by atoms with Crippen LogP contribution in [0.1, 0.15) is 31.4 Å². The van der Waals surface area contributed by atoms with Gasteiger partial charge in [-0.2, -0.15) is 0 Å². The lowest BCUT2D eigenvalue weighted by Crippen LogP contribution is -2.21. The summed E-state index contributed by atoms with van der Waals surface area (Å²) in [7, 11) is 1.48. The van der Waals surface area contributed by atoms with E-state index in [4.69, 9.17) is 14.2 Å². The summed E-state index contributed by atoms with van der Waals surface area (Å²) >= 11 is 0. The molecular weight excluding hydrogens is 264 g/mol. The van der Waals surface area contributed by atoms with Gasteiger partial charge in [0.05, 0.1) is 19.1 Å². The zero-order valence-electron chi connectivity index (χ0n) is 11.5. The summed E-state index contributed by atoms with van der Waals surface area (Å²) in [5, 5.41) is 19.5. The minimum Gasteiger partial charge on any atom is -0.493 e. The number of hydrogen-bond acceptors (Lipinski definition) is 5. The Bertz CT molecular complexity index is 499. The van der Waals surface area contributed by atoms with Crippen molar-refractivity contribution >= 4 is 5.97 Å². The van der Waals surface area contributed by atoms with Gasteiger partial charge in [0.25, 0.3) is 0 Å². The van der Waals surface area contributed by atoms with E-state index >= 15 is 0 Å². The van der Waals surface area contributed by atoms with Crippen LogP contribution in [-0.2, 0) is 4.79 Å². The van der Waals surface area contributed by atoms with Gasteiger partial charge in [-0.25, -0.2) is 0 Å². The maximum Gasteiger partial charge on any atom is 0.309 e. The Morgan fingerprint density at radius 2 is 2.20 bits per heavy atom. The number of rotatable bonds is 6. The molecule has 0 aromatic heterocycles. The maximum absolute atomic E-state index is 11.2. The van der Waals surface area contributed by atoms with E-state index in [0.29, 0.717) is 35.7 Å². The van der Waals surface area contributed by atoms with Gasteiger partial charge in [-0.1, -0.05) is 13.3 Å². The van der Waals surface area contributed by atoms with Gasteiger partial charge >= 0.3 is 5.97 Å². The van der Waals surface area contributed by atoms with Gasteiger partial charge in [0.1, 0.15) is 0 Å². The molecule has 0 fully saturated rings. The van der Waals surface area contributed by atoms with Gasteiger partial charge in [-0.15, -0.1) is 0 Å². The van der Waals surface area contributed by atoms with E-state index < -0.39 is 18.0 Å². The standard InChI is InChI=1S/C14H18O6/c1-3-4-9(14(16)17)12(15)8-5-10(18-2)13-11(6-8)19-7-20-13/h5-6,9,12,15H,3-4,7H2,1-2H3,(H,16,17). The van der Waals surface area contributed by atoms with Crippen molar-refractivity contribution in [2.24, 2.45) is 5.92 Å². The molecule has 1 aliphatic rings. The van der Waals surface area contributed by atoms with Crippen LogP contribution in [0.3, 0.4) is 0 Å². The Morgan fingerprint density at radius 1 is 1.45 bits per heavy atom. The Morgan fingerprint density at radius 3 is 2.80 bits per heavy atom. The first-order chi connectivity index (χ1) is 9.58. The third kappa shape index (κ3) is 2.65. The fraction of sp³-hybridized carbons (Fsp3) is 0.500. The van der Waals surface area contributed by atoms with E-state index in [9.17, 15) is 15.0 Å². The molecule has 2 unspecified atom stereocenters. The van der Waals surface area contributed by atoms with E-state index in [1.807, 2.05) is 6.92 Å². The molecule has 2 N–H and O–H groups in total. The minimum absolute atomic E-state index is 0.0859.